The molecule has 0 saturated heterocycles. The monoisotopic (exact) mass is 159 g/mol. The largest absolute Gasteiger partial charge is 0.413 e. The van der Waals surface area contributed by atoms with E-state index in [1.165, 1.54) is 14.1 Å². The predicted octanol–water partition coefficient (Wildman–Crippen LogP) is 1.37. The summed E-state index contributed by atoms with van der Waals surface area (Å²) < 4.78 is 34.7. The zero-order valence-corrected chi connectivity index (χ0v) is 6.00. The standard InChI is InChI=1S/C4H8F3NS/c1-8(2)3(9)4(5,6)7/h3,9H,1-2H3. The third-order valence-electron chi connectivity index (χ3n) is 0.782. The highest BCUT2D eigenvalue weighted by molar-refractivity contribution is 7.81. The zero-order chi connectivity index (χ0) is 7.65. The molecule has 0 bridgehead atoms. The van der Waals surface area contributed by atoms with Crippen LogP contribution in [-0.2, 0) is 0 Å². The van der Waals surface area contributed by atoms with Crippen LogP contribution in [0.3, 0.4) is 0 Å². The normalized spacial score (nSPS) is 16.3. The second kappa shape index (κ2) is 2.79. The Morgan fingerprint density at radius 1 is 1.33 bits per heavy atom. The van der Waals surface area contributed by atoms with Gasteiger partial charge in [0.2, 0.25) is 0 Å². The quantitative estimate of drug-likeness (QED) is 0.446. The lowest BCUT2D eigenvalue weighted by Crippen LogP contribution is -2.36. The summed E-state index contributed by atoms with van der Waals surface area (Å²) in [5.74, 6) is 0. The molecule has 0 aromatic heterocycles. The molecule has 0 saturated carbocycles. The van der Waals surface area contributed by atoms with Crippen LogP contribution in [0.1, 0.15) is 0 Å². The molecule has 5 heteroatoms. The van der Waals surface area contributed by atoms with Crippen molar-refractivity contribution in [3.63, 3.8) is 0 Å². The number of hydrogen-bond acceptors (Lipinski definition) is 2. The number of hydrogen-bond donors (Lipinski definition) is 1. The van der Waals surface area contributed by atoms with Gasteiger partial charge in [-0.2, -0.15) is 25.8 Å². The summed E-state index contributed by atoms with van der Waals surface area (Å²) in [6.45, 7) is 0. The van der Waals surface area contributed by atoms with E-state index in [2.05, 4.69) is 12.6 Å². The first kappa shape index (κ1) is 9.10. The highest BCUT2D eigenvalue weighted by atomic mass is 32.1. The Labute approximate surface area is 57.2 Å². The Bertz CT molecular complexity index is 90.3. The van der Waals surface area contributed by atoms with E-state index < -0.39 is 11.6 Å². The van der Waals surface area contributed by atoms with Crippen molar-refractivity contribution in [1.82, 2.24) is 4.90 Å². The first-order valence-electron chi connectivity index (χ1n) is 2.27. The molecule has 0 aliphatic rings. The summed E-state index contributed by atoms with van der Waals surface area (Å²) in [6.07, 6.45) is -4.23. The van der Waals surface area contributed by atoms with Crippen LogP contribution in [0, 0.1) is 0 Å². The molecule has 0 amide bonds. The molecular formula is C4H8F3NS. The fourth-order valence-corrected chi connectivity index (χ4v) is 0.293. The van der Waals surface area contributed by atoms with E-state index in [-0.39, 0.29) is 0 Å². The van der Waals surface area contributed by atoms with Gasteiger partial charge in [-0.1, -0.05) is 0 Å². The Kier molecular flexibility index (Phi) is 2.82. The Balaban J connectivity index is 3.88. The van der Waals surface area contributed by atoms with Crippen LogP contribution in [0.5, 0.6) is 0 Å². The number of rotatable bonds is 1. The van der Waals surface area contributed by atoms with E-state index in [1.54, 1.807) is 0 Å². The fourth-order valence-electron chi connectivity index (χ4n) is 0.293. The minimum atomic E-state index is -4.23. The van der Waals surface area contributed by atoms with Gasteiger partial charge in [-0.05, 0) is 14.1 Å². The molecule has 0 aromatic rings. The number of thiol groups is 1. The lowest BCUT2D eigenvalue weighted by atomic mass is 10.6. The summed E-state index contributed by atoms with van der Waals surface area (Å²) in [5.41, 5.74) is 0. The third-order valence-corrected chi connectivity index (χ3v) is 1.54. The Morgan fingerprint density at radius 2 is 1.67 bits per heavy atom. The molecule has 0 spiro atoms. The molecule has 0 aliphatic carbocycles. The van der Waals surface area contributed by atoms with Crippen molar-refractivity contribution < 1.29 is 13.2 Å². The van der Waals surface area contributed by atoms with E-state index in [1.807, 2.05) is 0 Å². The molecule has 0 rings (SSSR count). The topological polar surface area (TPSA) is 3.24 Å². The lowest BCUT2D eigenvalue weighted by molar-refractivity contribution is -0.151. The van der Waals surface area contributed by atoms with Crippen LogP contribution in [0.15, 0.2) is 0 Å². The van der Waals surface area contributed by atoms with Gasteiger partial charge in [-0.3, -0.25) is 4.90 Å². The van der Waals surface area contributed by atoms with E-state index >= 15 is 0 Å². The molecule has 9 heavy (non-hydrogen) atoms. The van der Waals surface area contributed by atoms with Gasteiger partial charge in [-0.15, -0.1) is 0 Å². The lowest BCUT2D eigenvalue weighted by Gasteiger charge is -2.20. The average molecular weight is 159 g/mol. The molecular weight excluding hydrogens is 151 g/mol. The minimum Gasteiger partial charge on any atom is -0.290 e. The number of halogens is 3. The van der Waals surface area contributed by atoms with Gasteiger partial charge in [0.25, 0.3) is 0 Å². The van der Waals surface area contributed by atoms with Crippen molar-refractivity contribution in [3.05, 3.63) is 0 Å². The van der Waals surface area contributed by atoms with Crippen molar-refractivity contribution in [2.45, 2.75) is 11.6 Å². The average Bonchev–Trinajstić information content (AvgIpc) is 1.62. The van der Waals surface area contributed by atoms with E-state index in [4.69, 9.17) is 0 Å². The Hall–Kier alpha value is 0.100. The number of nitrogens with zero attached hydrogens (tertiary/aromatic N) is 1. The van der Waals surface area contributed by atoms with Gasteiger partial charge < -0.3 is 0 Å². The SMILES string of the molecule is CN(C)C(S)C(F)(F)F. The van der Waals surface area contributed by atoms with Gasteiger partial charge in [0.15, 0.2) is 0 Å². The van der Waals surface area contributed by atoms with Gasteiger partial charge >= 0.3 is 6.18 Å². The molecule has 1 atom stereocenters. The summed E-state index contributed by atoms with van der Waals surface area (Å²) in [6, 6.07) is 0. The van der Waals surface area contributed by atoms with Crippen LogP contribution in [0.25, 0.3) is 0 Å². The molecule has 0 N–H and O–H groups in total. The molecule has 0 fully saturated rings. The molecule has 1 nitrogen and oxygen atoms in total. The van der Waals surface area contributed by atoms with Crippen molar-refractivity contribution in [3.8, 4) is 0 Å². The van der Waals surface area contributed by atoms with E-state index in [9.17, 15) is 13.2 Å². The maximum atomic E-state index is 11.6. The van der Waals surface area contributed by atoms with Crippen molar-refractivity contribution >= 4 is 12.6 Å². The second-order valence-electron chi connectivity index (χ2n) is 1.88. The minimum absolute atomic E-state index is 0.989. The van der Waals surface area contributed by atoms with Crippen molar-refractivity contribution in [2.75, 3.05) is 14.1 Å². The second-order valence-corrected chi connectivity index (χ2v) is 2.37. The predicted molar refractivity (Wildman–Crippen MR) is 32.5 cm³/mol. The van der Waals surface area contributed by atoms with Crippen LogP contribution >= 0.6 is 12.6 Å². The smallest absolute Gasteiger partial charge is 0.290 e. The molecule has 0 aromatic carbocycles. The molecule has 56 valence electrons. The highest BCUT2D eigenvalue weighted by Gasteiger charge is 2.38. The first-order valence-corrected chi connectivity index (χ1v) is 2.78. The highest BCUT2D eigenvalue weighted by Crippen LogP contribution is 2.25. The zero-order valence-electron chi connectivity index (χ0n) is 5.11. The van der Waals surface area contributed by atoms with Crippen molar-refractivity contribution in [2.24, 2.45) is 0 Å². The Morgan fingerprint density at radius 3 is 1.67 bits per heavy atom. The fraction of sp³-hybridized carbons (Fsp3) is 1.00. The maximum Gasteiger partial charge on any atom is 0.413 e. The summed E-state index contributed by atoms with van der Waals surface area (Å²) in [7, 11) is 2.65. The van der Waals surface area contributed by atoms with Crippen LogP contribution in [-0.4, -0.2) is 30.5 Å². The van der Waals surface area contributed by atoms with E-state index in [0.717, 1.165) is 4.90 Å². The van der Waals surface area contributed by atoms with Gasteiger partial charge in [0.05, 0.1) is 0 Å². The third kappa shape index (κ3) is 2.95. The molecule has 0 heterocycles. The van der Waals surface area contributed by atoms with Crippen LogP contribution in [0.4, 0.5) is 13.2 Å². The summed E-state index contributed by atoms with van der Waals surface area (Å²) in [5, 5.41) is -1.66. The van der Waals surface area contributed by atoms with Gasteiger partial charge in [-0.25, -0.2) is 0 Å². The summed E-state index contributed by atoms with van der Waals surface area (Å²) >= 11 is 3.31. The van der Waals surface area contributed by atoms with Crippen molar-refractivity contribution in [1.29, 1.82) is 0 Å². The number of alkyl halides is 3. The molecule has 0 aliphatic heterocycles. The molecule has 1 unspecified atom stereocenters. The van der Waals surface area contributed by atoms with Gasteiger partial charge in [0.1, 0.15) is 5.37 Å². The van der Waals surface area contributed by atoms with Crippen LogP contribution < -0.4 is 0 Å². The van der Waals surface area contributed by atoms with Gasteiger partial charge in [0, 0.05) is 0 Å². The maximum absolute atomic E-state index is 11.6. The first-order chi connectivity index (χ1) is 3.85. The van der Waals surface area contributed by atoms with E-state index in [0.29, 0.717) is 0 Å². The summed E-state index contributed by atoms with van der Waals surface area (Å²) in [4.78, 5) is 0.989. The molecule has 0 radical (unpaired) electrons. The van der Waals surface area contributed by atoms with Crippen LogP contribution in [0.2, 0.25) is 0 Å².